The molecule has 0 saturated heterocycles. The van der Waals surface area contributed by atoms with Crippen LogP contribution in [0.25, 0.3) is 61.2 Å². The molecule has 0 unspecified atom stereocenters. The molecular weight excluding hydrogens is 500 g/mol. The van der Waals surface area contributed by atoms with Crippen molar-refractivity contribution in [1.82, 2.24) is 9.55 Å². The molecular formula is C38H34N2O. The van der Waals surface area contributed by atoms with Gasteiger partial charge in [-0.15, -0.1) is 0 Å². The third-order valence-electron chi connectivity index (χ3n) is 7.85. The summed E-state index contributed by atoms with van der Waals surface area (Å²) in [5.41, 5.74) is 7.55. The fourth-order valence-electron chi connectivity index (χ4n) is 5.87. The molecule has 0 aliphatic heterocycles. The Balaban J connectivity index is 1.65. The number of hydrogen-bond acceptors (Lipinski definition) is 2. The highest BCUT2D eigenvalue weighted by molar-refractivity contribution is 6.11. The Hall–Kier alpha value is -4.63. The molecule has 2 aromatic heterocycles. The summed E-state index contributed by atoms with van der Waals surface area (Å²) in [4.78, 5) is 5.14. The van der Waals surface area contributed by atoms with E-state index in [0.29, 0.717) is 33.6 Å². The number of imidazole rings is 1. The van der Waals surface area contributed by atoms with Crippen LogP contribution in [0.2, 0.25) is 0 Å². The van der Waals surface area contributed by atoms with Crippen molar-refractivity contribution in [1.29, 1.82) is 0 Å². The van der Waals surface area contributed by atoms with Crippen molar-refractivity contribution >= 4 is 33.0 Å². The Morgan fingerprint density at radius 2 is 1.44 bits per heavy atom. The lowest BCUT2D eigenvalue weighted by atomic mass is 9.88. The average Bonchev–Trinajstić information content (AvgIpc) is 3.58. The van der Waals surface area contributed by atoms with Crippen molar-refractivity contribution < 1.29 is 11.3 Å². The summed E-state index contributed by atoms with van der Waals surface area (Å²) in [7, 11) is 0. The van der Waals surface area contributed by atoms with Crippen LogP contribution >= 0.6 is 0 Å². The number of para-hydroxylation sites is 3. The highest BCUT2D eigenvalue weighted by Gasteiger charge is 2.25. The topological polar surface area (TPSA) is 31.0 Å². The molecule has 41 heavy (non-hydrogen) atoms. The highest BCUT2D eigenvalue weighted by Crippen LogP contribution is 2.43. The van der Waals surface area contributed by atoms with Gasteiger partial charge in [-0.2, -0.15) is 0 Å². The van der Waals surface area contributed by atoms with Crippen molar-refractivity contribution in [2.75, 3.05) is 0 Å². The zero-order chi connectivity index (χ0) is 32.6. The van der Waals surface area contributed by atoms with Crippen LogP contribution in [-0.2, 0) is 0 Å². The molecule has 3 heteroatoms. The van der Waals surface area contributed by atoms with Gasteiger partial charge in [-0.3, -0.25) is 4.57 Å². The minimum absolute atomic E-state index is 0.215. The predicted molar refractivity (Wildman–Crippen MR) is 172 cm³/mol. The third kappa shape index (κ3) is 4.07. The van der Waals surface area contributed by atoms with Gasteiger partial charge in [0.25, 0.3) is 0 Å². The number of nitrogens with zero attached hydrogens (tertiary/aromatic N) is 2. The summed E-state index contributed by atoms with van der Waals surface area (Å²) < 4.78 is 52.2. The van der Waals surface area contributed by atoms with Crippen molar-refractivity contribution in [2.45, 2.75) is 46.3 Å². The molecule has 202 valence electrons. The predicted octanol–water partition coefficient (Wildman–Crippen LogP) is 10.8. The monoisotopic (exact) mass is 539 g/mol. The number of hydrogen-bond donors (Lipinski definition) is 0. The van der Waals surface area contributed by atoms with Crippen molar-refractivity contribution in [2.24, 2.45) is 0 Å². The molecule has 3 nitrogen and oxygen atoms in total. The van der Waals surface area contributed by atoms with Crippen molar-refractivity contribution in [3.63, 3.8) is 0 Å². The van der Waals surface area contributed by atoms with E-state index in [1.807, 2.05) is 111 Å². The molecule has 7 aromatic rings. The van der Waals surface area contributed by atoms with E-state index in [1.165, 1.54) is 0 Å². The van der Waals surface area contributed by atoms with Gasteiger partial charge in [0.15, 0.2) is 0 Å². The zero-order valence-electron chi connectivity index (χ0n) is 28.6. The Kier molecular flexibility index (Phi) is 4.84. The lowest BCUT2D eigenvalue weighted by molar-refractivity contribution is 0.669. The molecule has 7 rings (SSSR count). The minimum Gasteiger partial charge on any atom is -0.455 e. The second kappa shape index (κ2) is 9.78. The first-order chi connectivity index (χ1) is 21.7. The Labute approximate surface area is 248 Å². The average molecular weight is 540 g/mol. The molecule has 0 atom stereocenters. The Morgan fingerprint density at radius 3 is 2.17 bits per heavy atom. The first-order valence-corrected chi connectivity index (χ1v) is 13.9. The van der Waals surface area contributed by atoms with Gasteiger partial charge >= 0.3 is 0 Å². The molecule has 0 aliphatic carbocycles. The van der Waals surface area contributed by atoms with Gasteiger partial charge in [0.2, 0.25) is 0 Å². The van der Waals surface area contributed by atoms with Crippen LogP contribution in [0.4, 0.5) is 0 Å². The van der Waals surface area contributed by atoms with Gasteiger partial charge in [0.1, 0.15) is 17.0 Å². The molecule has 0 amide bonds. The van der Waals surface area contributed by atoms with Gasteiger partial charge in [0.05, 0.1) is 22.3 Å². The lowest BCUT2D eigenvalue weighted by Gasteiger charge is -2.24. The molecule has 0 N–H and O–H groups in total. The quantitative estimate of drug-likeness (QED) is 0.218. The van der Waals surface area contributed by atoms with E-state index < -0.39 is 18.6 Å². The van der Waals surface area contributed by atoms with Crippen LogP contribution in [0.5, 0.6) is 0 Å². The molecule has 5 aromatic carbocycles. The fourth-order valence-corrected chi connectivity index (χ4v) is 5.87. The Morgan fingerprint density at radius 1 is 0.756 bits per heavy atom. The second-order valence-corrected chi connectivity index (χ2v) is 11.0. The van der Waals surface area contributed by atoms with Crippen LogP contribution in [0.15, 0.2) is 108 Å². The lowest BCUT2D eigenvalue weighted by Crippen LogP contribution is -2.09. The summed E-state index contributed by atoms with van der Waals surface area (Å²) in [6, 6.07) is 32.9. The van der Waals surface area contributed by atoms with Gasteiger partial charge in [-0.25, -0.2) is 4.98 Å². The smallest absolute Gasteiger partial charge is 0.149 e. The standard InChI is InChI=1S/C38H34N2O/c1-23(2)30-21-27(26-13-7-6-8-14-26)22-31(24(3)4)36(30)40-33-17-11-10-16-32(33)39-38(40)29-20-19-25(5)35-28-15-9-12-18-34(28)41-37(29)35/h6-24H,1-5H3/i5D3,23D,24D. The minimum atomic E-state index is -2.36. The number of rotatable bonds is 5. The molecule has 0 aliphatic rings. The maximum atomic E-state index is 9.38. The number of benzene rings is 5. The third-order valence-corrected chi connectivity index (χ3v) is 7.85. The summed E-state index contributed by atoms with van der Waals surface area (Å²) in [5, 5.41) is 1.26. The van der Waals surface area contributed by atoms with Crippen LogP contribution < -0.4 is 0 Å². The normalized spacial score (nSPS) is 14.6. The maximum absolute atomic E-state index is 9.38. The molecule has 0 spiro atoms. The number of aromatic nitrogens is 2. The van der Waals surface area contributed by atoms with E-state index in [9.17, 15) is 2.74 Å². The molecule has 2 heterocycles. The van der Waals surface area contributed by atoms with Crippen molar-refractivity contribution in [3.8, 4) is 28.2 Å². The zero-order valence-corrected chi connectivity index (χ0v) is 23.6. The number of fused-ring (bicyclic) bond motifs is 4. The first kappa shape index (κ1) is 20.3. The van der Waals surface area contributed by atoms with Gasteiger partial charge < -0.3 is 4.42 Å². The molecule has 0 radical (unpaired) electrons. The summed E-state index contributed by atoms with van der Waals surface area (Å²) in [6.07, 6.45) is 0. The number of furan rings is 1. The van der Waals surface area contributed by atoms with E-state index in [2.05, 4.69) is 12.1 Å². The van der Waals surface area contributed by atoms with E-state index in [1.54, 1.807) is 12.1 Å². The molecule has 0 bridgehead atoms. The van der Waals surface area contributed by atoms with Gasteiger partial charge in [0, 0.05) is 17.6 Å². The Bertz CT molecular complexity index is 2230. The summed E-state index contributed by atoms with van der Waals surface area (Å²) in [6.45, 7) is 5.10. The highest BCUT2D eigenvalue weighted by atomic mass is 16.3. The van der Waals surface area contributed by atoms with E-state index in [0.717, 1.165) is 38.7 Å². The summed E-state index contributed by atoms with van der Waals surface area (Å²) >= 11 is 0. The van der Waals surface area contributed by atoms with Crippen LogP contribution in [0.1, 0.15) is 63.0 Å². The van der Waals surface area contributed by atoms with Crippen LogP contribution in [0.3, 0.4) is 0 Å². The van der Waals surface area contributed by atoms with E-state index in [4.69, 9.17) is 13.5 Å². The van der Waals surface area contributed by atoms with E-state index >= 15 is 0 Å². The second-order valence-electron chi connectivity index (χ2n) is 11.0. The van der Waals surface area contributed by atoms with Gasteiger partial charge in [-0.05, 0) is 82.9 Å². The first-order valence-electron chi connectivity index (χ1n) is 16.4. The van der Waals surface area contributed by atoms with Gasteiger partial charge in [-0.1, -0.05) is 94.4 Å². The molecule has 0 fully saturated rings. The van der Waals surface area contributed by atoms with Crippen LogP contribution in [0, 0.1) is 6.85 Å². The summed E-state index contributed by atoms with van der Waals surface area (Å²) in [5.74, 6) is -1.56. The fraction of sp³-hybridized carbons (Fsp3) is 0.184. The molecule has 0 saturated carbocycles. The van der Waals surface area contributed by atoms with Crippen molar-refractivity contribution in [3.05, 3.63) is 120 Å². The van der Waals surface area contributed by atoms with E-state index in [-0.39, 0.29) is 5.56 Å². The largest absolute Gasteiger partial charge is 0.455 e. The maximum Gasteiger partial charge on any atom is 0.149 e. The SMILES string of the molecule is [2H]C([2H])([2H])c1ccc(-c2nc3ccccc3n2-c2c(C([2H])(C)C)cc(-c3ccccc3)cc2C([2H])(C)C)c2oc3ccccc3c12. The van der Waals surface area contributed by atoms with Crippen LogP contribution in [-0.4, -0.2) is 9.55 Å². The number of aryl methyl sites for hydroxylation is 1.